The molecule has 0 fully saturated rings. The highest BCUT2D eigenvalue weighted by Crippen LogP contribution is 2.17. The lowest BCUT2D eigenvalue weighted by atomic mass is 10.1. The minimum absolute atomic E-state index is 0.218. The van der Waals surface area contributed by atoms with E-state index in [-0.39, 0.29) is 11.9 Å². The molecule has 0 N–H and O–H groups in total. The van der Waals surface area contributed by atoms with Crippen LogP contribution in [0.15, 0.2) is 30.3 Å². The van der Waals surface area contributed by atoms with Crippen molar-refractivity contribution in [3.05, 3.63) is 35.9 Å². The van der Waals surface area contributed by atoms with Crippen molar-refractivity contribution in [1.82, 2.24) is 0 Å². The van der Waals surface area contributed by atoms with Crippen LogP contribution in [0.3, 0.4) is 0 Å². The van der Waals surface area contributed by atoms with Crippen molar-refractivity contribution in [3.63, 3.8) is 0 Å². The molecule has 3 heteroatoms. The van der Waals surface area contributed by atoms with Gasteiger partial charge < -0.3 is 4.74 Å². The van der Waals surface area contributed by atoms with Crippen LogP contribution in [-0.4, -0.2) is 5.97 Å². The number of carbonyl (C=O) groups is 1. The molecular weight excluding hydrogens is 190 g/mol. The predicted octanol–water partition coefficient (Wildman–Crippen LogP) is 2.45. The second kappa shape index (κ2) is 5.16. The molecule has 0 bridgehead atoms. The van der Waals surface area contributed by atoms with Crippen LogP contribution in [-0.2, 0) is 9.53 Å². The van der Waals surface area contributed by atoms with Gasteiger partial charge in [-0.15, -0.1) is 0 Å². The summed E-state index contributed by atoms with van der Waals surface area (Å²) in [7, 11) is 0. The van der Waals surface area contributed by atoms with Crippen molar-refractivity contribution in [2.24, 2.45) is 5.92 Å². The van der Waals surface area contributed by atoms with Crippen molar-refractivity contribution < 1.29 is 9.53 Å². The van der Waals surface area contributed by atoms with E-state index in [9.17, 15) is 4.79 Å². The third-order valence-corrected chi connectivity index (χ3v) is 1.92. The molecule has 0 amide bonds. The van der Waals surface area contributed by atoms with Crippen molar-refractivity contribution >= 4 is 5.97 Å². The molecule has 0 unspecified atom stereocenters. The van der Waals surface area contributed by atoms with E-state index in [1.165, 1.54) is 0 Å². The molecule has 0 saturated carbocycles. The summed E-state index contributed by atoms with van der Waals surface area (Å²) in [6, 6.07) is 11.0. The standard InChI is InChI=1S/C12H13NO2/c1-9(2)12(14)15-11(8-13)10-6-4-3-5-7-10/h3-7,9,11H,1-2H3/t11-/m1/s1. The maximum absolute atomic E-state index is 11.3. The average Bonchev–Trinajstić information content (AvgIpc) is 2.26. The van der Waals surface area contributed by atoms with Crippen LogP contribution in [0.25, 0.3) is 0 Å². The van der Waals surface area contributed by atoms with Gasteiger partial charge in [0, 0.05) is 5.56 Å². The molecule has 0 heterocycles. The largest absolute Gasteiger partial charge is 0.442 e. The summed E-state index contributed by atoms with van der Waals surface area (Å²) in [6.45, 7) is 3.48. The van der Waals surface area contributed by atoms with E-state index in [0.717, 1.165) is 0 Å². The first-order chi connectivity index (χ1) is 7.15. The summed E-state index contributed by atoms with van der Waals surface area (Å²) < 4.78 is 5.05. The second-order valence-electron chi connectivity index (χ2n) is 3.51. The molecule has 1 atom stereocenters. The highest BCUT2D eigenvalue weighted by molar-refractivity contribution is 5.72. The van der Waals surface area contributed by atoms with Crippen molar-refractivity contribution in [2.75, 3.05) is 0 Å². The zero-order valence-corrected chi connectivity index (χ0v) is 8.81. The Morgan fingerprint density at radius 2 is 1.93 bits per heavy atom. The fourth-order valence-corrected chi connectivity index (χ4v) is 1.05. The van der Waals surface area contributed by atoms with E-state index < -0.39 is 6.10 Å². The van der Waals surface area contributed by atoms with Crippen LogP contribution < -0.4 is 0 Å². The van der Waals surface area contributed by atoms with E-state index in [4.69, 9.17) is 10.00 Å². The summed E-state index contributed by atoms with van der Waals surface area (Å²) in [4.78, 5) is 11.3. The molecule has 1 rings (SSSR count). The maximum Gasteiger partial charge on any atom is 0.310 e. The van der Waals surface area contributed by atoms with Gasteiger partial charge >= 0.3 is 5.97 Å². The number of hydrogen-bond donors (Lipinski definition) is 0. The summed E-state index contributed by atoms with van der Waals surface area (Å²) in [5.41, 5.74) is 0.703. The van der Waals surface area contributed by atoms with Crippen LogP contribution in [0.4, 0.5) is 0 Å². The van der Waals surface area contributed by atoms with E-state index in [2.05, 4.69) is 0 Å². The SMILES string of the molecule is CC(C)C(=O)O[C@H](C#N)c1ccccc1. The predicted molar refractivity (Wildman–Crippen MR) is 55.7 cm³/mol. The fraction of sp³-hybridized carbons (Fsp3) is 0.333. The van der Waals surface area contributed by atoms with Crippen molar-refractivity contribution in [2.45, 2.75) is 20.0 Å². The van der Waals surface area contributed by atoms with Gasteiger partial charge in [-0.1, -0.05) is 44.2 Å². The molecule has 1 aromatic rings. The topological polar surface area (TPSA) is 50.1 Å². The van der Waals surface area contributed by atoms with Crippen LogP contribution in [0.2, 0.25) is 0 Å². The Labute approximate surface area is 89.3 Å². The van der Waals surface area contributed by atoms with Crippen molar-refractivity contribution in [1.29, 1.82) is 5.26 Å². The van der Waals surface area contributed by atoms with E-state index in [0.29, 0.717) is 5.56 Å². The van der Waals surface area contributed by atoms with Gasteiger partial charge in [-0.2, -0.15) is 5.26 Å². The normalized spacial score (nSPS) is 11.9. The number of rotatable bonds is 3. The van der Waals surface area contributed by atoms with Crippen LogP contribution >= 0.6 is 0 Å². The molecule has 0 spiro atoms. The third kappa shape index (κ3) is 3.10. The highest BCUT2D eigenvalue weighted by Gasteiger charge is 2.17. The number of ether oxygens (including phenoxy) is 1. The van der Waals surface area contributed by atoms with Gasteiger partial charge in [-0.3, -0.25) is 4.79 Å². The minimum atomic E-state index is -0.805. The summed E-state index contributed by atoms with van der Waals surface area (Å²) in [5.74, 6) is -0.574. The summed E-state index contributed by atoms with van der Waals surface area (Å²) >= 11 is 0. The number of hydrogen-bond acceptors (Lipinski definition) is 3. The first kappa shape index (κ1) is 11.3. The zero-order valence-electron chi connectivity index (χ0n) is 8.81. The molecule has 3 nitrogen and oxygen atoms in total. The number of benzene rings is 1. The lowest BCUT2D eigenvalue weighted by molar-refractivity contribution is -0.150. The van der Waals surface area contributed by atoms with Gasteiger partial charge in [0.1, 0.15) is 6.07 Å². The van der Waals surface area contributed by atoms with E-state index in [1.54, 1.807) is 26.0 Å². The van der Waals surface area contributed by atoms with Crippen molar-refractivity contribution in [3.8, 4) is 6.07 Å². The molecule has 0 aliphatic carbocycles. The minimum Gasteiger partial charge on any atom is -0.442 e. The average molecular weight is 203 g/mol. The van der Waals surface area contributed by atoms with Crippen LogP contribution in [0.5, 0.6) is 0 Å². The molecular formula is C12H13NO2. The second-order valence-corrected chi connectivity index (χ2v) is 3.51. The number of carbonyl (C=O) groups excluding carboxylic acids is 1. The Kier molecular flexibility index (Phi) is 3.87. The lowest BCUT2D eigenvalue weighted by Crippen LogP contribution is -2.15. The number of esters is 1. The van der Waals surface area contributed by atoms with Gasteiger partial charge in [0.25, 0.3) is 0 Å². The highest BCUT2D eigenvalue weighted by atomic mass is 16.5. The molecule has 0 saturated heterocycles. The summed E-state index contributed by atoms with van der Waals surface area (Å²) in [6.07, 6.45) is -0.805. The quantitative estimate of drug-likeness (QED) is 0.709. The first-order valence-electron chi connectivity index (χ1n) is 4.80. The van der Waals surface area contributed by atoms with Crippen LogP contribution in [0.1, 0.15) is 25.5 Å². The molecule has 15 heavy (non-hydrogen) atoms. The molecule has 78 valence electrons. The fourth-order valence-electron chi connectivity index (χ4n) is 1.05. The Hall–Kier alpha value is -1.82. The summed E-state index contributed by atoms with van der Waals surface area (Å²) in [5, 5.41) is 8.88. The van der Waals surface area contributed by atoms with Crippen LogP contribution in [0, 0.1) is 17.2 Å². The number of nitriles is 1. The molecule has 0 radical (unpaired) electrons. The first-order valence-corrected chi connectivity index (χ1v) is 4.80. The molecule has 1 aromatic carbocycles. The van der Waals surface area contributed by atoms with Gasteiger partial charge in [0.05, 0.1) is 5.92 Å². The third-order valence-electron chi connectivity index (χ3n) is 1.92. The zero-order chi connectivity index (χ0) is 11.3. The Balaban J connectivity index is 2.75. The van der Waals surface area contributed by atoms with Gasteiger partial charge in [0.2, 0.25) is 6.10 Å². The van der Waals surface area contributed by atoms with E-state index in [1.807, 2.05) is 24.3 Å². The Morgan fingerprint density at radius 1 is 1.33 bits per heavy atom. The smallest absolute Gasteiger partial charge is 0.310 e. The molecule has 0 aliphatic rings. The molecule has 0 aliphatic heterocycles. The Bertz CT molecular complexity index is 365. The van der Waals surface area contributed by atoms with Gasteiger partial charge in [-0.25, -0.2) is 0 Å². The number of nitrogens with zero attached hydrogens (tertiary/aromatic N) is 1. The molecule has 0 aromatic heterocycles. The van der Waals surface area contributed by atoms with Gasteiger partial charge in [-0.05, 0) is 0 Å². The monoisotopic (exact) mass is 203 g/mol. The maximum atomic E-state index is 11.3. The van der Waals surface area contributed by atoms with Gasteiger partial charge in [0.15, 0.2) is 0 Å². The Morgan fingerprint density at radius 3 is 2.40 bits per heavy atom. The van der Waals surface area contributed by atoms with E-state index >= 15 is 0 Å². The lowest BCUT2D eigenvalue weighted by Gasteiger charge is -2.12.